The molecule has 0 aromatic heterocycles. The summed E-state index contributed by atoms with van der Waals surface area (Å²) in [6.45, 7) is 0.549. The molecule has 1 aromatic rings. The van der Waals surface area contributed by atoms with Gasteiger partial charge in [0.25, 0.3) is 0 Å². The maximum Gasteiger partial charge on any atom is 0.228 e. The SMILES string of the molecule is OC1(C2OC=CC(c3ccccc3)CO2)CCC1. The lowest BCUT2D eigenvalue weighted by Crippen LogP contribution is -2.50. The van der Waals surface area contributed by atoms with Crippen molar-refractivity contribution in [1.29, 1.82) is 0 Å². The third kappa shape index (κ3) is 2.16. The van der Waals surface area contributed by atoms with Crippen molar-refractivity contribution in [3.63, 3.8) is 0 Å². The van der Waals surface area contributed by atoms with Crippen LogP contribution in [0.25, 0.3) is 0 Å². The van der Waals surface area contributed by atoms with Crippen LogP contribution >= 0.6 is 0 Å². The lowest BCUT2D eigenvalue weighted by molar-refractivity contribution is -0.239. The zero-order valence-electron chi connectivity index (χ0n) is 10.3. The minimum Gasteiger partial charge on any atom is -0.470 e. The van der Waals surface area contributed by atoms with Crippen LogP contribution < -0.4 is 0 Å². The second kappa shape index (κ2) is 4.75. The zero-order valence-corrected chi connectivity index (χ0v) is 10.3. The van der Waals surface area contributed by atoms with E-state index in [1.54, 1.807) is 6.26 Å². The minimum absolute atomic E-state index is 0.194. The summed E-state index contributed by atoms with van der Waals surface area (Å²) in [5, 5.41) is 10.2. The number of ether oxygens (including phenoxy) is 2. The van der Waals surface area contributed by atoms with Gasteiger partial charge in [-0.1, -0.05) is 30.3 Å². The molecule has 1 aliphatic heterocycles. The Morgan fingerprint density at radius 3 is 2.61 bits per heavy atom. The van der Waals surface area contributed by atoms with Gasteiger partial charge in [-0.25, -0.2) is 0 Å². The summed E-state index contributed by atoms with van der Waals surface area (Å²) in [6.07, 6.45) is 5.73. The maximum absolute atomic E-state index is 10.2. The summed E-state index contributed by atoms with van der Waals surface area (Å²) >= 11 is 0. The Kier molecular flexibility index (Phi) is 3.10. The molecule has 0 saturated heterocycles. The lowest BCUT2D eigenvalue weighted by atomic mass is 9.79. The van der Waals surface area contributed by atoms with Gasteiger partial charge in [0.1, 0.15) is 5.60 Å². The Labute approximate surface area is 107 Å². The van der Waals surface area contributed by atoms with Crippen molar-refractivity contribution < 1.29 is 14.6 Å². The van der Waals surface area contributed by atoms with Crippen molar-refractivity contribution in [3.05, 3.63) is 48.2 Å². The van der Waals surface area contributed by atoms with Gasteiger partial charge in [-0.2, -0.15) is 0 Å². The van der Waals surface area contributed by atoms with Crippen molar-refractivity contribution in [2.45, 2.75) is 37.1 Å². The first-order valence-electron chi connectivity index (χ1n) is 6.49. The largest absolute Gasteiger partial charge is 0.470 e. The fourth-order valence-electron chi connectivity index (χ4n) is 2.46. The molecule has 1 fully saturated rings. The van der Waals surface area contributed by atoms with Crippen LogP contribution in [-0.2, 0) is 9.47 Å². The van der Waals surface area contributed by atoms with Gasteiger partial charge in [0.05, 0.1) is 12.9 Å². The molecule has 96 valence electrons. The Morgan fingerprint density at radius 1 is 1.17 bits per heavy atom. The van der Waals surface area contributed by atoms with Gasteiger partial charge in [0.2, 0.25) is 6.29 Å². The predicted molar refractivity (Wildman–Crippen MR) is 67.9 cm³/mol. The second-order valence-corrected chi connectivity index (χ2v) is 5.10. The highest BCUT2D eigenvalue weighted by atomic mass is 16.7. The number of aliphatic hydroxyl groups is 1. The summed E-state index contributed by atoms with van der Waals surface area (Å²) in [4.78, 5) is 0. The van der Waals surface area contributed by atoms with Crippen LogP contribution in [0.5, 0.6) is 0 Å². The molecule has 1 saturated carbocycles. The van der Waals surface area contributed by atoms with E-state index in [-0.39, 0.29) is 5.92 Å². The highest BCUT2D eigenvalue weighted by Crippen LogP contribution is 2.38. The highest BCUT2D eigenvalue weighted by molar-refractivity contribution is 5.23. The molecular weight excluding hydrogens is 228 g/mol. The Hall–Kier alpha value is -1.32. The van der Waals surface area contributed by atoms with Crippen LogP contribution in [0.1, 0.15) is 30.7 Å². The molecule has 1 aromatic carbocycles. The Bertz CT molecular complexity index is 423. The lowest BCUT2D eigenvalue weighted by Gasteiger charge is -2.41. The summed E-state index contributed by atoms with van der Waals surface area (Å²) < 4.78 is 11.3. The number of benzene rings is 1. The Morgan fingerprint density at radius 2 is 1.94 bits per heavy atom. The van der Waals surface area contributed by atoms with Crippen LogP contribution in [0, 0.1) is 0 Å². The molecule has 1 aliphatic carbocycles. The van der Waals surface area contributed by atoms with E-state index in [0.717, 1.165) is 19.3 Å². The third-order valence-corrected chi connectivity index (χ3v) is 3.83. The zero-order chi connectivity index (χ0) is 12.4. The number of rotatable bonds is 2. The smallest absolute Gasteiger partial charge is 0.228 e. The standard InChI is InChI=1S/C15H18O3/c16-15(8-4-9-15)14-17-10-7-13(11-18-14)12-5-2-1-3-6-12/h1-3,5-7,10,13-14,16H,4,8-9,11H2. The molecule has 2 unspecified atom stereocenters. The minimum atomic E-state index is -0.782. The molecule has 0 spiro atoms. The fourth-order valence-corrected chi connectivity index (χ4v) is 2.46. The van der Waals surface area contributed by atoms with Crippen molar-refractivity contribution in [2.75, 3.05) is 6.61 Å². The van der Waals surface area contributed by atoms with Crippen LogP contribution in [-0.4, -0.2) is 23.6 Å². The molecule has 3 nitrogen and oxygen atoms in total. The first kappa shape index (κ1) is 11.8. The third-order valence-electron chi connectivity index (χ3n) is 3.83. The summed E-state index contributed by atoms with van der Waals surface area (Å²) in [5.41, 5.74) is 0.425. The van der Waals surface area contributed by atoms with E-state index in [4.69, 9.17) is 9.47 Å². The quantitative estimate of drug-likeness (QED) is 0.871. The average Bonchev–Trinajstić information content (AvgIpc) is 2.63. The molecule has 0 bridgehead atoms. The molecule has 1 heterocycles. The van der Waals surface area contributed by atoms with E-state index in [9.17, 15) is 5.11 Å². The number of hydrogen-bond acceptors (Lipinski definition) is 3. The topological polar surface area (TPSA) is 38.7 Å². The van der Waals surface area contributed by atoms with Crippen molar-refractivity contribution in [3.8, 4) is 0 Å². The molecule has 0 amide bonds. The summed E-state index contributed by atoms with van der Waals surface area (Å²) in [6, 6.07) is 10.2. The van der Waals surface area contributed by atoms with Crippen LogP contribution in [0.2, 0.25) is 0 Å². The van der Waals surface area contributed by atoms with Gasteiger partial charge in [-0.05, 0) is 30.9 Å². The monoisotopic (exact) mass is 246 g/mol. The molecule has 2 aliphatic rings. The van der Waals surface area contributed by atoms with Crippen molar-refractivity contribution in [1.82, 2.24) is 0 Å². The summed E-state index contributed by atoms with van der Waals surface area (Å²) in [7, 11) is 0. The second-order valence-electron chi connectivity index (χ2n) is 5.10. The average molecular weight is 246 g/mol. The molecule has 18 heavy (non-hydrogen) atoms. The van der Waals surface area contributed by atoms with Crippen molar-refractivity contribution in [2.24, 2.45) is 0 Å². The van der Waals surface area contributed by atoms with Crippen LogP contribution in [0.15, 0.2) is 42.7 Å². The van der Waals surface area contributed by atoms with Gasteiger partial charge >= 0.3 is 0 Å². The molecule has 2 atom stereocenters. The predicted octanol–water partition coefficient (Wildman–Crippen LogP) is 2.57. The van der Waals surface area contributed by atoms with Gasteiger partial charge in [-0.15, -0.1) is 0 Å². The first-order chi connectivity index (χ1) is 8.78. The fraction of sp³-hybridized carbons (Fsp3) is 0.467. The van der Waals surface area contributed by atoms with Gasteiger partial charge < -0.3 is 14.6 Å². The number of hydrogen-bond donors (Lipinski definition) is 1. The van der Waals surface area contributed by atoms with E-state index >= 15 is 0 Å². The van der Waals surface area contributed by atoms with E-state index in [1.165, 1.54) is 5.56 Å². The molecule has 3 rings (SSSR count). The van der Waals surface area contributed by atoms with Crippen molar-refractivity contribution >= 4 is 0 Å². The molecular formula is C15H18O3. The van der Waals surface area contributed by atoms with Gasteiger partial charge in [0, 0.05) is 5.92 Å². The highest BCUT2D eigenvalue weighted by Gasteiger charge is 2.45. The van der Waals surface area contributed by atoms with Gasteiger partial charge in [0.15, 0.2) is 0 Å². The molecule has 3 heteroatoms. The molecule has 1 N–H and O–H groups in total. The van der Waals surface area contributed by atoms with Crippen LogP contribution in [0.4, 0.5) is 0 Å². The Balaban J connectivity index is 1.69. The normalized spacial score (nSPS) is 30.1. The summed E-state index contributed by atoms with van der Waals surface area (Å²) in [5.74, 6) is 0.194. The van der Waals surface area contributed by atoms with E-state index in [0.29, 0.717) is 6.61 Å². The first-order valence-corrected chi connectivity index (χ1v) is 6.49. The van der Waals surface area contributed by atoms with E-state index in [2.05, 4.69) is 12.1 Å². The van der Waals surface area contributed by atoms with E-state index in [1.807, 2.05) is 24.3 Å². The molecule has 0 radical (unpaired) electrons. The van der Waals surface area contributed by atoms with Crippen LogP contribution in [0.3, 0.4) is 0 Å². The van der Waals surface area contributed by atoms with Gasteiger partial charge in [-0.3, -0.25) is 0 Å². The van der Waals surface area contributed by atoms with E-state index < -0.39 is 11.9 Å². The maximum atomic E-state index is 10.2.